The Bertz CT molecular complexity index is 1180. The van der Waals surface area contributed by atoms with Crippen LogP contribution in [0.25, 0.3) is 22.6 Å². The number of benzene rings is 3. The maximum absolute atomic E-state index is 14.0. The van der Waals surface area contributed by atoms with Gasteiger partial charge in [0.05, 0.1) is 11.1 Å². The van der Waals surface area contributed by atoms with Gasteiger partial charge >= 0.3 is 0 Å². The number of hydrogen-bond donors (Lipinski definition) is 1. The number of hydrogen-bond acceptors (Lipinski definition) is 3. The van der Waals surface area contributed by atoms with Crippen LogP contribution in [-0.4, -0.2) is 10.9 Å². The number of amides is 1. The lowest BCUT2D eigenvalue weighted by Crippen LogP contribution is -2.13. The van der Waals surface area contributed by atoms with E-state index in [4.69, 9.17) is 4.42 Å². The number of aromatic nitrogens is 1. The van der Waals surface area contributed by atoms with E-state index in [-0.39, 0.29) is 11.8 Å². The van der Waals surface area contributed by atoms with Gasteiger partial charge in [0.1, 0.15) is 11.3 Å². The predicted molar refractivity (Wildman–Crippen MR) is 114 cm³/mol. The lowest BCUT2D eigenvalue weighted by atomic mass is 10.2. The lowest BCUT2D eigenvalue weighted by molar-refractivity contribution is 0.102. The van der Waals surface area contributed by atoms with Crippen LogP contribution >= 0.6 is 38.5 Å². The van der Waals surface area contributed by atoms with E-state index < -0.39 is 5.82 Å². The van der Waals surface area contributed by atoms with Crippen LogP contribution in [0.4, 0.5) is 10.1 Å². The molecule has 0 fully saturated rings. The smallest absolute Gasteiger partial charge is 0.256 e. The third-order valence-electron chi connectivity index (χ3n) is 3.92. The van der Waals surface area contributed by atoms with Crippen molar-refractivity contribution in [3.63, 3.8) is 0 Å². The molecule has 0 bridgehead atoms. The number of carbonyl (C=O) groups excluding carboxylic acids is 1. The van der Waals surface area contributed by atoms with Gasteiger partial charge in [0.15, 0.2) is 5.58 Å². The molecule has 0 saturated carbocycles. The fourth-order valence-corrected chi connectivity index (χ4v) is 3.57. The Hall–Kier alpha value is -2.26. The molecule has 4 aromatic rings. The third kappa shape index (κ3) is 3.74. The van der Waals surface area contributed by atoms with Crippen LogP contribution in [0.2, 0.25) is 0 Å². The Morgan fingerprint density at radius 2 is 1.93 bits per heavy atom. The third-order valence-corrected chi connectivity index (χ3v) is 5.36. The number of anilines is 1. The van der Waals surface area contributed by atoms with Crippen molar-refractivity contribution >= 4 is 61.2 Å². The van der Waals surface area contributed by atoms with E-state index in [1.54, 1.807) is 42.5 Å². The maximum atomic E-state index is 14.0. The number of rotatable bonds is 3. The number of oxazole rings is 1. The number of halogens is 3. The quantitative estimate of drug-likeness (QED) is 0.315. The van der Waals surface area contributed by atoms with Crippen LogP contribution < -0.4 is 5.32 Å². The summed E-state index contributed by atoms with van der Waals surface area (Å²) >= 11 is 5.49. The van der Waals surface area contributed by atoms with Gasteiger partial charge in [-0.2, -0.15) is 0 Å². The molecule has 0 aliphatic heterocycles. The number of fused-ring (bicyclic) bond motifs is 1. The average Bonchev–Trinajstić information content (AvgIpc) is 3.07. The van der Waals surface area contributed by atoms with E-state index in [9.17, 15) is 9.18 Å². The second kappa shape index (κ2) is 7.40. The number of nitrogens with one attached hydrogen (secondary N) is 1. The van der Waals surface area contributed by atoms with Crippen LogP contribution in [0.5, 0.6) is 0 Å². The molecule has 1 aromatic heterocycles. The van der Waals surface area contributed by atoms with Gasteiger partial charge in [-0.3, -0.25) is 4.79 Å². The Balaban J connectivity index is 1.65. The van der Waals surface area contributed by atoms with E-state index >= 15 is 0 Å². The highest BCUT2D eigenvalue weighted by Crippen LogP contribution is 2.28. The molecule has 0 aliphatic rings. The van der Waals surface area contributed by atoms with Gasteiger partial charge in [-0.25, -0.2) is 9.37 Å². The predicted octanol–water partition coefficient (Wildman–Crippen LogP) is 6.25. The molecule has 4 rings (SSSR count). The zero-order valence-electron chi connectivity index (χ0n) is 13.7. The summed E-state index contributed by atoms with van der Waals surface area (Å²) in [5.41, 5.74) is 2.50. The zero-order valence-corrected chi connectivity index (χ0v) is 17.4. The summed E-state index contributed by atoms with van der Waals surface area (Å²) in [5.74, 6) is -0.423. The largest absolute Gasteiger partial charge is 0.436 e. The Labute approximate surface area is 176 Å². The molecule has 0 aliphatic carbocycles. The van der Waals surface area contributed by atoms with E-state index in [1.165, 1.54) is 6.07 Å². The summed E-state index contributed by atoms with van der Waals surface area (Å²) < 4.78 is 21.3. The van der Waals surface area contributed by atoms with Crippen molar-refractivity contribution in [3.05, 3.63) is 80.1 Å². The number of nitrogens with zero attached hydrogens (tertiary/aromatic N) is 1. The van der Waals surface area contributed by atoms with Crippen LogP contribution in [-0.2, 0) is 0 Å². The Morgan fingerprint density at radius 3 is 2.74 bits per heavy atom. The van der Waals surface area contributed by atoms with Gasteiger partial charge in [0, 0.05) is 13.7 Å². The average molecular weight is 537 g/mol. The first kappa shape index (κ1) is 18.1. The van der Waals surface area contributed by atoms with Crippen LogP contribution in [0.3, 0.4) is 0 Å². The van der Waals surface area contributed by atoms with Crippen LogP contribution in [0.15, 0.2) is 69.6 Å². The molecule has 0 saturated heterocycles. The molecule has 134 valence electrons. The summed E-state index contributed by atoms with van der Waals surface area (Å²) in [7, 11) is 0. The molecule has 0 radical (unpaired) electrons. The maximum Gasteiger partial charge on any atom is 0.256 e. The summed E-state index contributed by atoms with van der Waals surface area (Å²) in [5, 5.41) is 2.86. The molecule has 1 N–H and O–H groups in total. The Morgan fingerprint density at radius 1 is 1.11 bits per heavy atom. The van der Waals surface area contributed by atoms with Gasteiger partial charge in [0.2, 0.25) is 5.89 Å². The summed E-state index contributed by atoms with van der Waals surface area (Å²) in [6, 6.07) is 16.9. The van der Waals surface area contributed by atoms with E-state index in [0.717, 1.165) is 8.04 Å². The fourth-order valence-electron chi connectivity index (χ4n) is 2.62. The molecule has 1 amide bonds. The molecular weight excluding hydrogens is 526 g/mol. The summed E-state index contributed by atoms with van der Waals surface area (Å²) in [6.07, 6.45) is 0. The molecule has 4 nitrogen and oxygen atoms in total. The van der Waals surface area contributed by atoms with Crippen molar-refractivity contribution in [3.8, 4) is 11.5 Å². The highest BCUT2D eigenvalue weighted by atomic mass is 127. The zero-order chi connectivity index (χ0) is 19.0. The van der Waals surface area contributed by atoms with Crippen LogP contribution in [0.1, 0.15) is 10.4 Å². The van der Waals surface area contributed by atoms with Crippen molar-refractivity contribution in [1.82, 2.24) is 4.98 Å². The topological polar surface area (TPSA) is 55.1 Å². The van der Waals surface area contributed by atoms with Gasteiger partial charge in [-0.05, 0) is 71.1 Å². The molecular formula is C20H11BrFIN2O2. The van der Waals surface area contributed by atoms with Gasteiger partial charge in [-0.1, -0.05) is 28.1 Å². The highest BCUT2D eigenvalue weighted by molar-refractivity contribution is 14.1. The lowest BCUT2D eigenvalue weighted by Gasteiger charge is -2.07. The second-order valence-electron chi connectivity index (χ2n) is 5.76. The second-order valence-corrected chi connectivity index (χ2v) is 7.84. The SMILES string of the molecule is O=C(Nc1ccc2oc(-c3ccccc3F)nc2c1)c1cc(Br)ccc1I. The van der Waals surface area contributed by atoms with Crippen molar-refractivity contribution in [2.24, 2.45) is 0 Å². The normalized spacial score (nSPS) is 10.9. The minimum absolute atomic E-state index is 0.202. The standard InChI is InChI=1S/C20H11BrFIN2O2/c21-11-5-7-16(23)14(9-11)19(26)24-12-6-8-18-17(10-12)25-20(27-18)13-3-1-2-4-15(13)22/h1-10H,(H,24,26). The van der Waals surface area contributed by atoms with E-state index in [1.807, 2.05) is 12.1 Å². The molecule has 0 spiro atoms. The van der Waals surface area contributed by atoms with Crippen LogP contribution in [0, 0.1) is 9.39 Å². The molecule has 27 heavy (non-hydrogen) atoms. The molecule has 1 heterocycles. The first-order valence-corrected chi connectivity index (χ1v) is 9.80. The molecule has 0 atom stereocenters. The minimum atomic E-state index is -0.401. The van der Waals surface area contributed by atoms with Crippen molar-refractivity contribution in [2.45, 2.75) is 0 Å². The molecule has 0 unspecified atom stereocenters. The summed E-state index contributed by atoms with van der Waals surface area (Å²) in [6.45, 7) is 0. The van der Waals surface area contributed by atoms with Crippen molar-refractivity contribution in [1.29, 1.82) is 0 Å². The first-order chi connectivity index (χ1) is 13.0. The van der Waals surface area contributed by atoms with Gasteiger partial charge in [0.25, 0.3) is 5.91 Å². The van der Waals surface area contributed by atoms with Crippen molar-refractivity contribution in [2.75, 3.05) is 5.32 Å². The highest BCUT2D eigenvalue weighted by Gasteiger charge is 2.14. The van der Waals surface area contributed by atoms with Gasteiger partial charge < -0.3 is 9.73 Å². The first-order valence-electron chi connectivity index (χ1n) is 7.93. The fraction of sp³-hybridized carbons (Fsp3) is 0. The van der Waals surface area contributed by atoms with E-state index in [0.29, 0.717) is 27.9 Å². The number of carbonyl (C=O) groups is 1. The Kier molecular flexibility index (Phi) is 4.96. The minimum Gasteiger partial charge on any atom is -0.436 e. The molecule has 7 heteroatoms. The van der Waals surface area contributed by atoms with Crippen molar-refractivity contribution < 1.29 is 13.6 Å². The molecule has 3 aromatic carbocycles. The van der Waals surface area contributed by atoms with E-state index in [2.05, 4.69) is 48.8 Å². The summed E-state index contributed by atoms with van der Waals surface area (Å²) in [4.78, 5) is 16.9. The monoisotopic (exact) mass is 536 g/mol. The van der Waals surface area contributed by atoms with Gasteiger partial charge in [-0.15, -0.1) is 0 Å².